The van der Waals surface area contributed by atoms with E-state index >= 15 is 0 Å². The average Bonchev–Trinajstić information content (AvgIpc) is 3.19. The fraction of sp³-hybridized carbons (Fsp3) is 0.625. The second kappa shape index (κ2) is 5.75. The molecule has 1 aromatic rings. The van der Waals surface area contributed by atoms with Crippen LogP contribution in [0, 0.1) is 12.8 Å². The van der Waals surface area contributed by atoms with Gasteiger partial charge in [0.2, 0.25) is 0 Å². The van der Waals surface area contributed by atoms with E-state index in [1.54, 1.807) is 7.11 Å². The number of hydrogen-bond donors (Lipinski definition) is 1. The number of ether oxygens (including phenoxy) is 1. The lowest BCUT2D eigenvalue weighted by Crippen LogP contribution is -2.26. The number of nitrogens with one attached hydrogen (secondary N) is 1. The summed E-state index contributed by atoms with van der Waals surface area (Å²) in [6.45, 7) is 7.87. The predicted octanol–water partition coefficient (Wildman–Crippen LogP) is 3.50. The third-order valence-electron chi connectivity index (χ3n) is 4.04. The highest BCUT2D eigenvalue weighted by atomic mass is 16.5. The maximum Gasteiger partial charge on any atom is 0.122 e. The Hall–Kier alpha value is -1.02. The average molecular weight is 247 g/mol. The molecule has 2 atom stereocenters. The van der Waals surface area contributed by atoms with E-state index in [4.69, 9.17) is 4.74 Å². The van der Waals surface area contributed by atoms with Crippen LogP contribution in [0.15, 0.2) is 18.2 Å². The standard InChI is InChI=1S/C16H25NO/c1-11-5-8-16(18-4)15(9-11)13(3)12(2)10-17-14-6-7-14/h5,8-9,12-14,17H,6-7,10H2,1-4H3. The predicted molar refractivity (Wildman–Crippen MR) is 76.3 cm³/mol. The number of methoxy groups -OCH3 is 1. The molecule has 0 saturated heterocycles. The Kier molecular flexibility index (Phi) is 4.28. The molecule has 100 valence electrons. The van der Waals surface area contributed by atoms with Crippen LogP contribution in [0.3, 0.4) is 0 Å². The zero-order chi connectivity index (χ0) is 13.1. The summed E-state index contributed by atoms with van der Waals surface area (Å²) in [5.74, 6) is 2.17. The van der Waals surface area contributed by atoms with Crippen LogP contribution in [0.1, 0.15) is 43.7 Å². The van der Waals surface area contributed by atoms with Crippen molar-refractivity contribution in [2.24, 2.45) is 5.92 Å². The molecule has 1 fully saturated rings. The lowest BCUT2D eigenvalue weighted by atomic mass is 9.87. The second-order valence-electron chi connectivity index (χ2n) is 5.69. The van der Waals surface area contributed by atoms with E-state index < -0.39 is 0 Å². The molecule has 0 aromatic heterocycles. The summed E-state index contributed by atoms with van der Waals surface area (Å²) in [6, 6.07) is 7.25. The molecule has 0 aliphatic heterocycles. The first-order chi connectivity index (χ1) is 8.61. The van der Waals surface area contributed by atoms with Gasteiger partial charge in [-0.15, -0.1) is 0 Å². The van der Waals surface area contributed by atoms with Gasteiger partial charge in [0.15, 0.2) is 0 Å². The van der Waals surface area contributed by atoms with Gasteiger partial charge < -0.3 is 10.1 Å². The molecule has 1 aromatic carbocycles. The summed E-state index contributed by atoms with van der Waals surface area (Å²) in [4.78, 5) is 0. The Morgan fingerprint density at radius 2 is 2.06 bits per heavy atom. The van der Waals surface area contributed by atoms with Gasteiger partial charge in [-0.25, -0.2) is 0 Å². The summed E-state index contributed by atoms with van der Waals surface area (Å²) >= 11 is 0. The van der Waals surface area contributed by atoms with E-state index in [2.05, 4.69) is 44.3 Å². The van der Waals surface area contributed by atoms with Crippen LogP contribution in [-0.4, -0.2) is 19.7 Å². The minimum Gasteiger partial charge on any atom is -0.496 e. The molecule has 0 bridgehead atoms. The summed E-state index contributed by atoms with van der Waals surface area (Å²) in [5, 5.41) is 3.62. The molecule has 0 spiro atoms. The minimum atomic E-state index is 0.520. The maximum absolute atomic E-state index is 5.49. The lowest BCUT2D eigenvalue weighted by Gasteiger charge is -2.23. The first-order valence-corrected chi connectivity index (χ1v) is 6.99. The van der Waals surface area contributed by atoms with Crippen molar-refractivity contribution in [3.05, 3.63) is 29.3 Å². The lowest BCUT2D eigenvalue weighted by molar-refractivity contribution is 0.389. The van der Waals surface area contributed by atoms with E-state index in [0.717, 1.165) is 18.3 Å². The van der Waals surface area contributed by atoms with Crippen molar-refractivity contribution in [1.82, 2.24) is 5.32 Å². The summed E-state index contributed by atoms with van der Waals surface area (Å²) in [5.41, 5.74) is 2.64. The molecule has 0 amide bonds. The summed E-state index contributed by atoms with van der Waals surface area (Å²) < 4.78 is 5.49. The van der Waals surface area contributed by atoms with Crippen LogP contribution < -0.4 is 10.1 Å². The Balaban J connectivity index is 2.05. The molecule has 1 aliphatic carbocycles. The van der Waals surface area contributed by atoms with Gasteiger partial charge in [0, 0.05) is 6.04 Å². The fourth-order valence-electron chi connectivity index (χ4n) is 2.33. The largest absolute Gasteiger partial charge is 0.496 e. The topological polar surface area (TPSA) is 21.3 Å². The number of hydrogen-bond acceptors (Lipinski definition) is 2. The first-order valence-electron chi connectivity index (χ1n) is 6.99. The van der Waals surface area contributed by atoms with Crippen molar-refractivity contribution < 1.29 is 4.74 Å². The van der Waals surface area contributed by atoms with E-state index in [1.165, 1.54) is 24.0 Å². The monoisotopic (exact) mass is 247 g/mol. The number of aryl methyl sites for hydroxylation is 1. The van der Waals surface area contributed by atoms with Gasteiger partial charge in [-0.1, -0.05) is 31.5 Å². The van der Waals surface area contributed by atoms with Crippen molar-refractivity contribution in [2.75, 3.05) is 13.7 Å². The van der Waals surface area contributed by atoms with Crippen molar-refractivity contribution >= 4 is 0 Å². The van der Waals surface area contributed by atoms with Crippen LogP contribution in [-0.2, 0) is 0 Å². The van der Waals surface area contributed by atoms with Crippen molar-refractivity contribution in [3.8, 4) is 5.75 Å². The van der Waals surface area contributed by atoms with Crippen LogP contribution in [0.5, 0.6) is 5.75 Å². The highest BCUT2D eigenvalue weighted by molar-refractivity contribution is 5.39. The van der Waals surface area contributed by atoms with Gasteiger partial charge in [0.1, 0.15) is 5.75 Å². The van der Waals surface area contributed by atoms with Crippen molar-refractivity contribution in [3.63, 3.8) is 0 Å². The Morgan fingerprint density at radius 3 is 2.67 bits per heavy atom. The van der Waals surface area contributed by atoms with E-state index in [1.807, 2.05) is 0 Å². The Morgan fingerprint density at radius 1 is 1.33 bits per heavy atom. The zero-order valence-corrected chi connectivity index (χ0v) is 12.0. The third-order valence-corrected chi connectivity index (χ3v) is 4.04. The molecule has 2 nitrogen and oxygen atoms in total. The SMILES string of the molecule is COc1ccc(C)cc1C(C)C(C)CNC1CC1. The highest BCUT2D eigenvalue weighted by Crippen LogP contribution is 2.32. The molecule has 0 radical (unpaired) electrons. The van der Waals surface area contributed by atoms with Crippen LogP contribution in [0.4, 0.5) is 0 Å². The maximum atomic E-state index is 5.49. The van der Waals surface area contributed by atoms with E-state index in [9.17, 15) is 0 Å². The fourth-order valence-corrected chi connectivity index (χ4v) is 2.33. The molecule has 0 heterocycles. The Bertz CT molecular complexity index is 398. The highest BCUT2D eigenvalue weighted by Gasteiger charge is 2.23. The van der Waals surface area contributed by atoms with Crippen molar-refractivity contribution in [1.29, 1.82) is 0 Å². The Labute approximate surface area is 111 Å². The normalized spacial score (nSPS) is 18.4. The zero-order valence-electron chi connectivity index (χ0n) is 12.0. The summed E-state index contributed by atoms with van der Waals surface area (Å²) in [6.07, 6.45) is 2.71. The molecular formula is C16H25NO. The third kappa shape index (κ3) is 3.26. The van der Waals surface area contributed by atoms with Gasteiger partial charge in [0.25, 0.3) is 0 Å². The van der Waals surface area contributed by atoms with Gasteiger partial charge >= 0.3 is 0 Å². The van der Waals surface area contributed by atoms with Gasteiger partial charge in [-0.3, -0.25) is 0 Å². The molecule has 18 heavy (non-hydrogen) atoms. The van der Waals surface area contributed by atoms with Crippen LogP contribution >= 0.6 is 0 Å². The summed E-state index contributed by atoms with van der Waals surface area (Å²) in [7, 11) is 1.76. The van der Waals surface area contributed by atoms with E-state index in [0.29, 0.717) is 11.8 Å². The molecule has 2 rings (SSSR count). The smallest absolute Gasteiger partial charge is 0.122 e. The molecule has 2 unspecified atom stereocenters. The second-order valence-corrected chi connectivity index (χ2v) is 5.69. The molecule has 1 N–H and O–H groups in total. The van der Waals surface area contributed by atoms with Crippen LogP contribution in [0.25, 0.3) is 0 Å². The quantitative estimate of drug-likeness (QED) is 0.830. The molecule has 2 heteroatoms. The van der Waals surface area contributed by atoms with Crippen LogP contribution in [0.2, 0.25) is 0 Å². The van der Waals surface area contributed by atoms with Crippen molar-refractivity contribution in [2.45, 2.75) is 45.6 Å². The van der Waals surface area contributed by atoms with E-state index in [-0.39, 0.29) is 0 Å². The molecule has 1 saturated carbocycles. The first kappa shape index (κ1) is 13.4. The minimum absolute atomic E-state index is 0.520. The van der Waals surface area contributed by atoms with Gasteiger partial charge in [0.05, 0.1) is 7.11 Å². The molecular weight excluding hydrogens is 222 g/mol. The number of rotatable bonds is 6. The van der Waals surface area contributed by atoms with Gasteiger partial charge in [-0.05, 0) is 49.8 Å². The van der Waals surface area contributed by atoms with Gasteiger partial charge in [-0.2, -0.15) is 0 Å². The number of benzene rings is 1. The molecule has 1 aliphatic rings.